The lowest BCUT2D eigenvalue weighted by Gasteiger charge is -2.04. The first-order chi connectivity index (χ1) is 10.0. The normalized spacial score (nSPS) is 10.3. The zero-order chi connectivity index (χ0) is 15.2. The minimum Gasteiger partial charge on any atom is -0.475 e. The maximum Gasteiger partial charge on any atom is 0.371 e. The first kappa shape index (κ1) is 14.6. The SMILES string of the molecule is Cc1noc(CCNC(=O)NCc2ccc(C(=O)O)o2)n1. The van der Waals surface area contributed by atoms with Crippen LogP contribution in [0.5, 0.6) is 0 Å². The van der Waals surface area contributed by atoms with E-state index in [4.69, 9.17) is 14.0 Å². The molecule has 0 aliphatic heterocycles. The highest BCUT2D eigenvalue weighted by molar-refractivity contribution is 5.84. The van der Waals surface area contributed by atoms with Crippen molar-refractivity contribution in [2.24, 2.45) is 0 Å². The number of aryl methyl sites for hydroxylation is 1. The Kier molecular flexibility index (Phi) is 4.54. The van der Waals surface area contributed by atoms with Gasteiger partial charge in [-0.2, -0.15) is 4.98 Å². The third kappa shape index (κ3) is 4.34. The number of amides is 2. The second-order valence-corrected chi connectivity index (χ2v) is 4.17. The molecule has 0 unspecified atom stereocenters. The number of carbonyl (C=O) groups excluding carboxylic acids is 1. The lowest BCUT2D eigenvalue weighted by Crippen LogP contribution is -2.36. The van der Waals surface area contributed by atoms with Crippen molar-refractivity contribution in [3.63, 3.8) is 0 Å². The summed E-state index contributed by atoms with van der Waals surface area (Å²) in [4.78, 5) is 26.1. The number of carboxylic acid groups (broad SMARTS) is 1. The van der Waals surface area contributed by atoms with Crippen molar-refractivity contribution < 1.29 is 23.6 Å². The predicted molar refractivity (Wildman–Crippen MR) is 68.6 cm³/mol. The summed E-state index contributed by atoms with van der Waals surface area (Å²) < 4.78 is 9.89. The smallest absolute Gasteiger partial charge is 0.371 e. The van der Waals surface area contributed by atoms with Gasteiger partial charge in [0.05, 0.1) is 6.54 Å². The fraction of sp³-hybridized carbons (Fsp3) is 0.333. The van der Waals surface area contributed by atoms with Crippen LogP contribution in [0.2, 0.25) is 0 Å². The van der Waals surface area contributed by atoms with Gasteiger partial charge in [0.15, 0.2) is 5.82 Å². The van der Waals surface area contributed by atoms with Crippen LogP contribution in [0.15, 0.2) is 21.1 Å². The Morgan fingerprint density at radius 2 is 2.14 bits per heavy atom. The van der Waals surface area contributed by atoms with Gasteiger partial charge in [0, 0.05) is 13.0 Å². The van der Waals surface area contributed by atoms with Gasteiger partial charge < -0.3 is 24.7 Å². The van der Waals surface area contributed by atoms with E-state index >= 15 is 0 Å². The standard InChI is InChI=1S/C12H14N4O5/c1-7-15-10(21-16-7)4-5-13-12(19)14-6-8-2-3-9(20-8)11(17)18/h2-3H,4-6H2,1H3,(H,17,18)(H2,13,14,19). The third-order valence-electron chi connectivity index (χ3n) is 2.49. The molecule has 0 radical (unpaired) electrons. The summed E-state index contributed by atoms with van der Waals surface area (Å²) in [7, 11) is 0. The number of nitrogens with zero attached hydrogens (tertiary/aromatic N) is 2. The number of furan rings is 1. The van der Waals surface area contributed by atoms with Crippen LogP contribution in [0, 0.1) is 6.92 Å². The molecule has 2 aromatic rings. The molecule has 112 valence electrons. The molecule has 0 atom stereocenters. The van der Waals surface area contributed by atoms with E-state index in [-0.39, 0.29) is 12.3 Å². The van der Waals surface area contributed by atoms with E-state index < -0.39 is 12.0 Å². The van der Waals surface area contributed by atoms with Crippen molar-refractivity contribution >= 4 is 12.0 Å². The van der Waals surface area contributed by atoms with Crippen molar-refractivity contribution in [1.82, 2.24) is 20.8 Å². The second kappa shape index (κ2) is 6.55. The lowest BCUT2D eigenvalue weighted by molar-refractivity contribution is 0.0660. The van der Waals surface area contributed by atoms with Crippen molar-refractivity contribution in [3.05, 3.63) is 35.4 Å². The van der Waals surface area contributed by atoms with Gasteiger partial charge in [0.1, 0.15) is 5.76 Å². The summed E-state index contributed by atoms with van der Waals surface area (Å²) in [6.07, 6.45) is 0.429. The van der Waals surface area contributed by atoms with Gasteiger partial charge in [-0.1, -0.05) is 5.16 Å². The average molecular weight is 294 g/mol. The topological polar surface area (TPSA) is 130 Å². The summed E-state index contributed by atoms with van der Waals surface area (Å²) in [5, 5.41) is 17.5. The van der Waals surface area contributed by atoms with Gasteiger partial charge in [0.25, 0.3) is 0 Å². The monoisotopic (exact) mass is 294 g/mol. The number of hydrogen-bond acceptors (Lipinski definition) is 6. The molecule has 0 aliphatic rings. The molecule has 2 rings (SSSR count). The van der Waals surface area contributed by atoms with Gasteiger partial charge in [0.2, 0.25) is 11.7 Å². The van der Waals surface area contributed by atoms with Crippen molar-refractivity contribution in [2.45, 2.75) is 19.9 Å². The molecule has 0 spiro atoms. The molecule has 0 saturated heterocycles. The van der Waals surface area contributed by atoms with Gasteiger partial charge >= 0.3 is 12.0 Å². The molecule has 3 N–H and O–H groups in total. The summed E-state index contributed by atoms with van der Waals surface area (Å²) in [6.45, 7) is 2.15. The summed E-state index contributed by atoms with van der Waals surface area (Å²) in [5.74, 6) is 0.0287. The van der Waals surface area contributed by atoms with Crippen LogP contribution in [0.1, 0.15) is 28.0 Å². The van der Waals surface area contributed by atoms with Crippen molar-refractivity contribution in [2.75, 3.05) is 6.54 Å². The van der Waals surface area contributed by atoms with E-state index in [2.05, 4.69) is 20.8 Å². The van der Waals surface area contributed by atoms with Gasteiger partial charge in [-0.05, 0) is 19.1 Å². The largest absolute Gasteiger partial charge is 0.475 e. The Morgan fingerprint density at radius 3 is 2.76 bits per heavy atom. The van der Waals surface area contributed by atoms with Crippen molar-refractivity contribution in [3.8, 4) is 0 Å². The van der Waals surface area contributed by atoms with Crippen LogP contribution in [-0.2, 0) is 13.0 Å². The average Bonchev–Trinajstić information content (AvgIpc) is 3.05. The minimum absolute atomic E-state index is 0.0960. The quantitative estimate of drug-likeness (QED) is 0.715. The summed E-state index contributed by atoms with van der Waals surface area (Å²) >= 11 is 0. The number of hydrogen-bond donors (Lipinski definition) is 3. The second-order valence-electron chi connectivity index (χ2n) is 4.17. The van der Waals surface area contributed by atoms with Crippen LogP contribution in [-0.4, -0.2) is 33.8 Å². The van der Waals surface area contributed by atoms with E-state index in [1.54, 1.807) is 6.92 Å². The molecule has 0 fully saturated rings. The molecule has 0 saturated carbocycles. The first-order valence-electron chi connectivity index (χ1n) is 6.17. The highest BCUT2D eigenvalue weighted by Crippen LogP contribution is 2.07. The number of nitrogens with one attached hydrogen (secondary N) is 2. The van der Waals surface area contributed by atoms with E-state index in [1.165, 1.54) is 12.1 Å². The number of urea groups is 1. The fourth-order valence-corrected chi connectivity index (χ4v) is 1.54. The fourth-order valence-electron chi connectivity index (χ4n) is 1.54. The first-order valence-corrected chi connectivity index (χ1v) is 6.17. The predicted octanol–water partition coefficient (Wildman–Crippen LogP) is 0.711. The molecule has 0 aromatic carbocycles. The molecular weight excluding hydrogens is 280 g/mol. The number of carbonyl (C=O) groups is 2. The third-order valence-corrected chi connectivity index (χ3v) is 2.49. The van der Waals surface area contributed by atoms with E-state index in [1.807, 2.05) is 0 Å². The van der Waals surface area contributed by atoms with E-state index in [0.29, 0.717) is 30.4 Å². The maximum absolute atomic E-state index is 11.5. The van der Waals surface area contributed by atoms with Gasteiger partial charge in [-0.3, -0.25) is 0 Å². The number of aromatic nitrogens is 2. The Labute approximate surface area is 119 Å². The van der Waals surface area contributed by atoms with E-state index in [9.17, 15) is 9.59 Å². The Morgan fingerprint density at radius 1 is 1.33 bits per heavy atom. The highest BCUT2D eigenvalue weighted by atomic mass is 16.5. The minimum atomic E-state index is -1.15. The Balaban J connectivity index is 1.68. The Bertz CT molecular complexity index is 633. The molecule has 0 bridgehead atoms. The van der Waals surface area contributed by atoms with Crippen LogP contribution in [0.3, 0.4) is 0 Å². The van der Waals surface area contributed by atoms with Gasteiger partial charge in [-0.25, -0.2) is 9.59 Å². The van der Waals surface area contributed by atoms with Crippen LogP contribution in [0.25, 0.3) is 0 Å². The van der Waals surface area contributed by atoms with Crippen molar-refractivity contribution in [1.29, 1.82) is 0 Å². The van der Waals surface area contributed by atoms with E-state index in [0.717, 1.165) is 0 Å². The Hall–Kier alpha value is -2.84. The molecule has 2 heterocycles. The zero-order valence-electron chi connectivity index (χ0n) is 11.3. The summed E-state index contributed by atoms with van der Waals surface area (Å²) in [5.41, 5.74) is 0. The molecule has 2 amide bonds. The summed E-state index contributed by atoms with van der Waals surface area (Å²) in [6, 6.07) is 2.42. The molecular formula is C12H14N4O5. The van der Waals surface area contributed by atoms with Crippen LogP contribution < -0.4 is 10.6 Å². The van der Waals surface area contributed by atoms with Crippen LogP contribution in [0.4, 0.5) is 4.79 Å². The number of aromatic carboxylic acids is 1. The molecule has 9 heteroatoms. The molecule has 0 aliphatic carbocycles. The maximum atomic E-state index is 11.5. The molecule has 2 aromatic heterocycles. The number of rotatable bonds is 6. The zero-order valence-corrected chi connectivity index (χ0v) is 11.3. The van der Waals surface area contributed by atoms with Crippen LogP contribution >= 0.6 is 0 Å². The molecule has 9 nitrogen and oxygen atoms in total. The number of carboxylic acids is 1. The van der Waals surface area contributed by atoms with Gasteiger partial charge in [-0.15, -0.1) is 0 Å². The molecule has 21 heavy (non-hydrogen) atoms. The lowest BCUT2D eigenvalue weighted by atomic mass is 10.4. The highest BCUT2D eigenvalue weighted by Gasteiger charge is 2.10.